The Balaban J connectivity index is 2.29. The van der Waals surface area contributed by atoms with Crippen molar-refractivity contribution in [2.75, 3.05) is 6.61 Å². The molecule has 2 fully saturated rings. The number of fused-ring (bicyclic) bond motifs is 2. The second-order valence-electron chi connectivity index (χ2n) is 3.76. The van der Waals surface area contributed by atoms with Gasteiger partial charge in [0.25, 0.3) is 0 Å². The van der Waals surface area contributed by atoms with E-state index >= 15 is 0 Å². The molecule has 0 aromatic carbocycles. The summed E-state index contributed by atoms with van der Waals surface area (Å²) < 4.78 is 16.2. The Labute approximate surface area is 89.2 Å². The monoisotopic (exact) mass is 216 g/mol. The lowest BCUT2D eigenvalue weighted by atomic mass is 9.89. The second kappa shape index (κ2) is 3.54. The van der Waals surface area contributed by atoms with Crippen LogP contribution in [0.1, 0.15) is 0 Å². The third-order valence-electron chi connectivity index (χ3n) is 2.99. The summed E-state index contributed by atoms with van der Waals surface area (Å²) in [5.74, 6) is 0. The Morgan fingerprint density at radius 1 is 1.79 bits per heavy atom. The molecule has 2 aliphatic heterocycles. The summed E-state index contributed by atoms with van der Waals surface area (Å²) in [6.45, 7) is 3.86. The molecule has 5 atom stereocenters. The summed E-state index contributed by atoms with van der Waals surface area (Å²) in [6.07, 6.45) is 0.148. The van der Waals surface area contributed by atoms with E-state index in [1.165, 1.54) is 6.08 Å². The van der Waals surface area contributed by atoms with Crippen molar-refractivity contribution < 1.29 is 18.8 Å². The minimum absolute atomic E-state index is 0.0875. The van der Waals surface area contributed by atoms with Crippen LogP contribution in [0.3, 0.4) is 0 Å². The van der Waals surface area contributed by atoms with Crippen molar-refractivity contribution in [2.45, 2.75) is 29.9 Å². The van der Waals surface area contributed by atoms with Gasteiger partial charge in [0.05, 0.1) is 12.6 Å². The minimum Gasteiger partial charge on any atom is -0.386 e. The summed E-state index contributed by atoms with van der Waals surface area (Å²) in [4.78, 5) is 0. The van der Waals surface area contributed by atoms with Crippen molar-refractivity contribution in [1.82, 2.24) is 0 Å². The third-order valence-corrected chi connectivity index (χ3v) is 3.21. The summed E-state index contributed by atoms with van der Waals surface area (Å²) in [5, 5.41) is 9.82. The van der Waals surface area contributed by atoms with E-state index in [1.54, 1.807) is 0 Å². The highest BCUT2D eigenvalue weighted by molar-refractivity contribution is 7.75. The molecule has 1 N–H and O–H groups in total. The Hall–Kier alpha value is -0.00506. The molecule has 14 heavy (non-hydrogen) atoms. The van der Waals surface area contributed by atoms with Crippen LogP contribution in [0.2, 0.25) is 0 Å². The highest BCUT2D eigenvalue weighted by atomic mass is 32.1. The molecule has 0 aliphatic carbocycles. The molecule has 78 valence electrons. The maximum Gasteiger partial charge on any atom is 0.150 e. The van der Waals surface area contributed by atoms with Gasteiger partial charge in [0.15, 0.2) is 0 Å². The smallest absolute Gasteiger partial charge is 0.150 e. The first-order valence-corrected chi connectivity index (χ1v) is 4.92. The lowest BCUT2D eigenvalue weighted by molar-refractivity contribution is -0.153. The summed E-state index contributed by atoms with van der Waals surface area (Å²) in [6, 6.07) is -0.0875. The molecule has 2 aliphatic rings. The van der Waals surface area contributed by atoms with Gasteiger partial charge in [-0.05, 0) is 12.9 Å². The zero-order valence-corrected chi connectivity index (χ0v) is 8.81. The standard InChI is InChI=1S/C8H13BO4S/c1-2-4(10)8-3-11-5(6(8)13-14)7(9)12-8/h2,4-7,10,14H,1,3,9H2/t4-,5+,6-,7+,8+/m0/s1. The number of rotatable bonds is 3. The molecule has 2 bridgehead atoms. The topological polar surface area (TPSA) is 47.9 Å². The quantitative estimate of drug-likeness (QED) is 0.272. The predicted octanol–water partition coefficient (Wildman–Crippen LogP) is -1.11. The summed E-state index contributed by atoms with van der Waals surface area (Å²) in [7, 11) is 1.89. The first-order chi connectivity index (χ1) is 6.65. The Morgan fingerprint density at radius 2 is 2.50 bits per heavy atom. The second-order valence-corrected chi connectivity index (χ2v) is 3.97. The first kappa shape index (κ1) is 10.5. The van der Waals surface area contributed by atoms with Crippen LogP contribution in [0.4, 0.5) is 0 Å². The van der Waals surface area contributed by atoms with E-state index < -0.39 is 11.7 Å². The van der Waals surface area contributed by atoms with Crippen LogP contribution in [0, 0.1) is 0 Å². The first-order valence-electron chi connectivity index (χ1n) is 4.56. The van der Waals surface area contributed by atoms with Crippen molar-refractivity contribution in [2.24, 2.45) is 0 Å². The minimum atomic E-state index is -0.826. The number of ether oxygens (including phenoxy) is 2. The van der Waals surface area contributed by atoms with Gasteiger partial charge in [0.1, 0.15) is 31.8 Å². The highest BCUT2D eigenvalue weighted by Crippen LogP contribution is 2.43. The van der Waals surface area contributed by atoms with Crippen LogP contribution >= 0.6 is 12.9 Å². The molecule has 6 heteroatoms. The third kappa shape index (κ3) is 1.18. The maximum atomic E-state index is 9.82. The summed E-state index contributed by atoms with van der Waals surface area (Å²) >= 11 is 3.80. The predicted molar refractivity (Wildman–Crippen MR) is 56.0 cm³/mol. The van der Waals surface area contributed by atoms with Gasteiger partial charge in [-0.2, -0.15) is 0 Å². The van der Waals surface area contributed by atoms with Gasteiger partial charge in [0.2, 0.25) is 0 Å². The molecule has 0 amide bonds. The molecule has 2 saturated heterocycles. The summed E-state index contributed by atoms with van der Waals surface area (Å²) in [5.41, 5.74) is -0.826. The van der Waals surface area contributed by atoms with Gasteiger partial charge in [-0.15, -0.1) is 6.58 Å². The van der Waals surface area contributed by atoms with Crippen LogP contribution in [0.15, 0.2) is 12.7 Å². The number of thiol groups is 1. The van der Waals surface area contributed by atoms with Crippen LogP contribution in [0.5, 0.6) is 0 Å². The van der Waals surface area contributed by atoms with Crippen LogP contribution < -0.4 is 0 Å². The molecule has 0 radical (unpaired) electrons. The maximum absolute atomic E-state index is 9.82. The SMILES string of the molecule is B[C@@H]1O[C@@]2([C@@H](O)C=C)CO[C@@H]1[C@@H]2OS. The molecule has 0 aromatic heterocycles. The van der Waals surface area contributed by atoms with Crippen LogP contribution in [-0.4, -0.2) is 49.5 Å². The number of aliphatic hydroxyl groups is 1. The van der Waals surface area contributed by atoms with Crippen molar-refractivity contribution in [1.29, 1.82) is 0 Å². The van der Waals surface area contributed by atoms with Gasteiger partial charge in [-0.25, -0.2) is 0 Å². The molecule has 4 nitrogen and oxygen atoms in total. The molecule has 0 saturated carbocycles. The highest BCUT2D eigenvalue weighted by Gasteiger charge is 2.63. The van der Waals surface area contributed by atoms with Gasteiger partial charge in [0, 0.05) is 0 Å². The fourth-order valence-electron chi connectivity index (χ4n) is 2.24. The Bertz CT molecular complexity index is 251. The van der Waals surface area contributed by atoms with Crippen molar-refractivity contribution in [3.05, 3.63) is 12.7 Å². The van der Waals surface area contributed by atoms with Crippen LogP contribution in [-0.2, 0) is 13.7 Å². The van der Waals surface area contributed by atoms with E-state index in [-0.39, 0.29) is 18.2 Å². The molecule has 0 spiro atoms. The average molecular weight is 216 g/mol. The van der Waals surface area contributed by atoms with E-state index in [9.17, 15) is 5.11 Å². The fourth-order valence-corrected chi connectivity index (χ4v) is 2.54. The fraction of sp³-hybridized carbons (Fsp3) is 0.750. The van der Waals surface area contributed by atoms with E-state index in [4.69, 9.17) is 13.7 Å². The van der Waals surface area contributed by atoms with E-state index in [2.05, 4.69) is 19.5 Å². The lowest BCUT2D eigenvalue weighted by Crippen LogP contribution is -2.50. The number of hydrogen-bond donors (Lipinski definition) is 2. The zero-order valence-electron chi connectivity index (χ0n) is 7.92. The van der Waals surface area contributed by atoms with Gasteiger partial charge >= 0.3 is 0 Å². The Morgan fingerprint density at radius 3 is 3.00 bits per heavy atom. The molecule has 2 heterocycles. The molecular formula is C8H13BO4S. The molecule has 0 aromatic rings. The van der Waals surface area contributed by atoms with Gasteiger partial charge < -0.3 is 18.8 Å². The van der Waals surface area contributed by atoms with Gasteiger partial charge in [-0.1, -0.05) is 6.08 Å². The molecule has 0 unspecified atom stereocenters. The number of aliphatic hydroxyl groups excluding tert-OH is 1. The largest absolute Gasteiger partial charge is 0.386 e. The van der Waals surface area contributed by atoms with E-state index in [1.807, 2.05) is 7.85 Å². The normalized spacial score (nSPS) is 48.0. The zero-order chi connectivity index (χ0) is 10.3. The number of hydrogen-bond acceptors (Lipinski definition) is 5. The van der Waals surface area contributed by atoms with E-state index in [0.717, 1.165) is 0 Å². The van der Waals surface area contributed by atoms with Gasteiger partial charge in [-0.3, -0.25) is 0 Å². The van der Waals surface area contributed by atoms with Crippen molar-refractivity contribution in [3.63, 3.8) is 0 Å². The Kier molecular flexibility index (Phi) is 2.65. The molecular weight excluding hydrogens is 203 g/mol. The average Bonchev–Trinajstić information content (AvgIpc) is 2.68. The van der Waals surface area contributed by atoms with Crippen molar-refractivity contribution >= 4 is 20.8 Å². The molecule has 2 rings (SSSR count). The van der Waals surface area contributed by atoms with E-state index in [0.29, 0.717) is 6.61 Å². The van der Waals surface area contributed by atoms with Crippen LogP contribution in [0.25, 0.3) is 0 Å². The lowest BCUT2D eigenvalue weighted by Gasteiger charge is -2.32. The van der Waals surface area contributed by atoms with Crippen molar-refractivity contribution in [3.8, 4) is 0 Å².